The average molecular weight is 295 g/mol. The van der Waals surface area contributed by atoms with Crippen LogP contribution < -0.4 is 0 Å². The normalized spacial score (nSPS) is 17.9. The van der Waals surface area contributed by atoms with Gasteiger partial charge in [0.25, 0.3) is 0 Å². The number of carboxylic acids is 1. The van der Waals surface area contributed by atoms with Gasteiger partial charge in [-0.15, -0.1) is 11.3 Å². The van der Waals surface area contributed by atoms with E-state index in [1.165, 1.54) is 11.3 Å². The van der Waals surface area contributed by atoms with E-state index in [9.17, 15) is 9.59 Å². The molecule has 0 bridgehead atoms. The van der Waals surface area contributed by atoms with Crippen LogP contribution in [0.1, 0.15) is 43.4 Å². The Bertz CT molecular complexity index is 450. The highest BCUT2D eigenvalue weighted by Gasteiger charge is 2.25. The Morgan fingerprint density at radius 2 is 2.10 bits per heavy atom. The minimum atomic E-state index is -0.844. The summed E-state index contributed by atoms with van der Waals surface area (Å²) in [7, 11) is 0. The molecule has 0 radical (unpaired) electrons. The van der Waals surface area contributed by atoms with Gasteiger partial charge in [-0.1, -0.05) is 13.0 Å². The predicted molar refractivity (Wildman–Crippen MR) is 78.9 cm³/mol. The number of carboxylic acid groups (broad SMARTS) is 1. The summed E-state index contributed by atoms with van der Waals surface area (Å²) >= 11 is 1.53. The van der Waals surface area contributed by atoms with E-state index in [-0.39, 0.29) is 18.2 Å². The average Bonchev–Trinajstić information content (AvgIpc) is 2.92. The van der Waals surface area contributed by atoms with E-state index in [1.807, 2.05) is 22.4 Å². The Hall–Kier alpha value is -1.36. The fourth-order valence-electron chi connectivity index (χ4n) is 2.61. The molecule has 2 rings (SSSR count). The predicted octanol–water partition coefficient (Wildman–Crippen LogP) is 2.96. The number of thiophene rings is 1. The Morgan fingerprint density at radius 3 is 2.65 bits per heavy atom. The molecule has 0 aliphatic carbocycles. The monoisotopic (exact) mass is 295 g/mol. The number of piperidine rings is 1. The van der Waals surface area contributed by atoms with Crippen LogP contribution in [-0.4, -0.2) is 35.0 Å². The lowest BCUT2D eigenvalue weighted by Crippen LogP contribution is -2.38. The SMILES string of the molecule is CC1CCN(C(=O)C[C@H](CC(=O)O)c2cccs2)CC1. The van der Waals surface area contributed by atoms with Crippen LogP contribution in [0.5, 0.6) is 0 Å². The van der Waals surface area contributed by atoms with Crippen LogP contribution in [0.2, 0.25) is 0 Å². The zero-order valence-electron chi connectivity index (χ0n) is 11.7. The molecule has 0 spiro atoms. The second kappa shape index (κ2) is 6.88. The van der Waals surface area contributed by atoms with Crippen molar-refractivity contribution in [3.8, 4) is 0 Å². The minimum absolute atomic E-state index is 0.0243. The van der Waals surface area contributed by atoms with Gasteiger partial charge < -0.3 is 10.0 Å². The number of carbonyl (C=O) groups excluding carboxylic acids is 1. The molecule has 1 aromatic heterocycles. The van der Waals surface area contributed by atoms with Gasteiger partial charge in [0.15, 0.2) is 0 Å². The number of hydrogen-bond acceptors (Lipinski definition) is 3. The number of nitrogens with zero attached hydrogens (tertiary/aromatic N) is 1. The molecule has 1 saturated heterocycles. The minimum Gasteiger partial charge on any atom is -0.481 e. The molecule has 2 heterocycles. The topological polar surface area (TPSA) is 57.6 Å². The van der Waals surface area contributed by atoms with Crippen LogP contribution in [0.3, 0.4) is 0 Å². The van der Waals surface area contributed by atoms with Crippen molar-refractivity contribution in [1.29, 1.82) is 0 Å². The van der Waals surface area contributed by atoms with Crippen LogP contribution in [-0.2, 0) is 9.59 Å². The second-order valence-electron chi connectivity index (χ2n) is 5.58. The summed E-state index contributed by atoms with van der Waals surface area (Å²) in [6.45, 7) is 3.83. The Balaban J connectivity index is 1.97. The third-order valence-electron chi connectivity index (χ3n) is 3.92. The first-order valence-corrected chi connectivity index (χ1v) is 7.97. The van der Waals surface area contributed by atoms with E-state index in [0.717, 1.165) is 30.8 Å². The molecular weight excluding hydrogens is 274 g/mol. The highest BCUT2D eigenvalue weighted by atomic mass is 32.1. The van der Waals surface area contributed by atoms with Gasteiger partial charge in [-0.3, -0.25) is 9.59 Å². The van der Waals surface area contributed by atoms with Crippen molar-refractivity contribution in [2.75, 3.05) is 13.1 Å². The first-order valence-electron chi connectivity index (χ1n) is 7.09. The maximum absolute atomic E-state index is 12.3. The molecule has 1 aliphatic heterocycles. The molecule has 1 amide bonds. The van der Waals surface area contributed by atoms with Gasteiger partial charge in [0.1, 0.15) is 0 Å². The molecule has 5 heteroatoms. The highest BCUT2D eigenvalue weighted by molar-refractivity contribution is 7.10. The van der Waals surface area contributed by atoms with Crippen molar-refractivity contribution in [3.63, 3.8) is 0 Å². The molecule has 1 fully saturated rings. The lowest BCUT2D eigenvalue weighted by molar-refractivity contribution is -0.138. The second-order valence-corrected chi connectivity index (χ2v) is 6.56. The first kappa shape index (κ1) is 15.0. The summed E-state index contributed by atoms with van der Waals surface area (Å²) in [5.74, 6) is -0.259. The van der Waals surface area contributed by atoms with E-state index in [1.54, 1.807) is 0 Å². The first-order chi connectivity index (χ1) is 9.56. The van der Waals surface area contributed by atoms with Gasteiger partial charge in [-0.05, 0) is 30.2 Å². The fourth-order valence-corrected chi connectivity index (χ4v) is 3.44. The summed E-state index contributed by atoms with van der Waals surface area (Å²) in [6.07, 6.45) is 2.43. The lowest BCUT2D eigenvalue weighted by atomic mass is 9.96. The number of carbonyl (C=O) groups is 2. The van der Waals surface area contributed by atoms with Crippen molar-refractivity contribution in [1.82, 2.24) is 4.90 Å². The third kappa shape index (κ3) is 4.07. The molecule has 0 unspecified atom stereocenters. The Morgan fingerprint density at radius 1 is 1.40 bits per heavy atom. The van der Waals surface area contributed by atoms with Crippen LogP contribution in [0, 0.1) is 5.92 Å². The van der Waals surface area contributed by atoms with Crippen LogP contribution >= 0.6 is 11.3 Å². The van der Waals surface area contributed by atoms with Crippen molar-refractivity contribution in [2.45, 2.75) is 38.5 Å². The van der Waals surface area contributed by atoms with E-state index in [4.69, 9.17) is 5.11 Å². The zero-order chi connectivity index (χ0) is 14.5. The quantitative estimate of drug-likeness (QED) is 0.908. The summed E-state index contributed by atoms with van der Waals surface area (Å²) < 4.78 is 0. The number of rotatable bonds is 5. The number of likely N-dealkylation sites (tertiary alicyclic amines) is 1. The molecule has 20 heavy (non-hydrogen) atoms. The van der Waals surface area contributed by atoms with Crippen molar-refractivity contribution in [2.24, 2.45) is 5.92 Å². The molecule has 4 nitrogen and oxygen atoms in total. The summed E-state index contributed by atoms with van der Waals surface area (Å²) in [5.41, 5.74) is 0. The smallest absolute Gasteiger partial charge is 0.304 e. The molecule has 0 saturated carbocycles. The maximum atomic E-state index is 12.3. The molecule has 0 aromatic carbocycles. The summed E-state index contributed by atoms with van der Waals surface area (Å²) in [6, 6.07) is 3.83. The van der Waals surface area contributed by atoms with E-state index in [2.05, 4.69) is 6.92 Å². The Kier molecular flexibility index (Phi) is 5.17. The van der Waals surface area contributed by atoms with Gasteiger partial charge in [-0.25, -0.2) is 0 Å². The molecule has 1 aromatic rings. The fraction of sp³-hybridized carbons (Fsp3) is 0.600. The Labute approximate surface area is 123 Å². The van der Waals surface area contributed by atoms with E-state index < -0.39 is 5.97 Å². The molecular formula is C15H21NO3S. The molecule has 1 atom stereocenters. The van der Waals surface area contributed by atoms with Gasteiger partial charge in [0.2, 0.25) is 5.91 Å². The molecule has 1 N–H and O–H groups in total. The largest absolute Gasteiger partial charge is 0.481 e. The zero-order valence-corrected chi connectivity index (χ0v) is 12.6. The maximum Gasteiger partial charge on any atom is 0.304 e. The van der Waals surface area contributed by atoms with Gasteiger partial charge in [0, 0.05) is 30.3 Å². The summed E-state index contributed by atoms with van der Waals surface area (Å²) in [5, 5.41) is 10.9. The number of hydrogen-bond donors (Lipinski definition) is 1. The summed E-state index contributed by atoms with van der Waals surface area (Å²) in [4.78, 5) is 26.2. The van der Waals surface area contributed by atoms with E-state index in [0.29, 0.717) is 12.3 Å². The van der Waals surface area contributed by atoms with Crippen LogP contribution in [0.25, 0.3) is 0 Å². The van der Waals surface area contributed by atoms with E-state index >= 15 is 0 Å². The van der Waals surface area contributed by atoms with Crippen LogP contribution in [0.4, 0.5) is 0 Å². The van der Waals surface area contributed by atoms with Gasteiger partial charge >= 0.3 is 5.97 Å². The van der Waals surface area contributed by atoms with Crippen LogP contribution in [0.15, 0.2) is 17.5 Å². The van der Waals surface area contributed by atoms with Gasteiger partial charge in [-0.2, -0.15) is 0 Å². The van der Waals surface area contributed by atoms with Crippen molar-refractivity contribution < 1.29 is 14.7 Å². The number of aliphatic carboxylic acids is 1. The molecule has 1 aliphatic rings. The standard InChI is InChI=1S/C15H21NO3S/c1-11-4-6-16(7-5-11)14(17)9-12(10-15(18)19)13-3-2-8-20-13/h2-3,8,11-12H,4-7,9-10H2,1H3,(H,18,19)/t12-/m1/s1. The van der Waals surface area contributed by atoms with Gasteiger partial charge in [0.05, 0.1) is 6.42 Å². The lowest BCUT2D eigenvalue weighted by Gasteiger charge is -2.31. The van der Waals surface area contributed by atoms with Crippen molar-refractivity contribution in [3.05, 3.63) is 22.4 Å². The number of amides is 1. The molecule has 110 valence electrons. The highest BCUT2D eigenvalue weighted by Crippen LogP contribution is 2.29. The third-order valence-corrected chi connectivity index (χ3v) is 4.96. The van der Waals surface area contributed by atoms with Crippen molar-refractivity contribution >= 4 is 23.2 Å².